The van der Waals surface area contributed by atoms with Gasteiger partial charge in [-0.25, -0.2) is 4.89 Å². The molecule has 1 rings (SSSR count). The number of carbonyl (C=O) groups is 1. The fourth-order valence-corrected chi connectivity index (χ4v) is 7.90. The van der Waals surface area contributed by atoms with Crippen molar-refractivity contribution in [1.82, 2.24) is 0 Å². The van der Waals surface area contributed by atoms with Crippen molar-refractivity contribution in [2.75, 3.05) is 6.61 Å². The fraction of sp³-hybridized carbons (Fsp3) is 0.800. The highest BCUT2D eigenvalue weighted by atomic mass is 35.9. The van der Waals surface area contributed by atoms with E-state index < -0.39 is 6.19 Å². The van der Waals surface area contributed by atoms with Crippen LogP contribution in [0.1, 0.15) is 174 Å². The first kappa shape index (κ1) is 38.7. The number of rotatable bonds is 21. The molecule has 0 unspecified atom stereocenters. The summed E-state index contributed by atoms with van der Waals surface area (Å²) in [5.74, 6) is -0.150. The van der Waals surface area contributed by atoms with Crippen LogP contribution in [-0.2, 0) is 26.8 Å². The Morgan fingerprint density at radius 2 is 1.07 bits per heavy atom. The number of ether oxygens (including phenoxy) is 1. The van der Waals surface area contributed by atoms with Gasteiger partial charge in [-0.1, -0.05) is 157 Å². The van der Waals surface area contributed by atoms with E-state index in [2.05, 4.69) is 60.6 Å². The predicted octanol–water partition coefficient (Wildman–Crippen LogP) is 11.9. The van der Waals surface area contributed by atoms with Crippen LogP contribution in [0.4, 0.5) is 0 Å². The molecule has 0 bridgehead atoms. The zero-order valence-corrected chi connectivity index (χ0v) is 30.0. The summed E-state index contributed by atoms with van der Waals surface area (Å²) in [7, 11) is 0. The molecule has 0 aliphatic carbocycles. The van der Waals surface area contributed by atoms with Crippen molar-refractivity contribution in [3.05, 3.63) is 28.8 Å². The highest BCUT2D eigenvalue weighted by Gasteiger charge is 2.45. The molecular weight excluding hydrogens is 570 g/mol. The summed E-state index contributed by atoms with van der Waals surface area (Å²) in [5, 5.41) is 0.663. The standard InChI is InChI=1S/C35H62Cl2O3P/c1-8-9-10-11-12-13-14-15-16-17-18-19-20-21-22-23-26-40-32(38)25-24-29-27-30(34(2,3)4)33(41(36,37)39)31(28-29)35(5,6)7/h27-28,39H,8-26H2,1-7H3/q+1. The van der Waals surface area contributed by atoms with Crippen LogP contribution in [0.2, 0.25) is 0 Å². The van der Waals surface area contributed by atoms with Gasteiger partial charge in [-0.2, -0.15) is 0 Å². The summed E-state index contributed by atoms with van der Waals surface area (Å²) in [6.07, 6.45) is 18.9. The van der Waals surface area contributed by atoms with Gasteiger partial charge in [0.1, 0.15) is 22.5 Å². The minimum absolute atomic E-state index is 0.150. The van der Waals surface area contributed by atoms with Gasteiger partial charge in [0.15, 0.2) is 5.30 Å². The second kappa shape index (κ2) is 19.8. The Bertz CT molecular complexity index is 831. The molecule has 0 aromatic heterocycles. The molecule has 1 N–H and O–H groups in total. The van der Waals surface area contributed by atoms with Crippen LogP contribution in [0.3, 0.4) is 0 Å². The van der Waals surface area contributed by atoms with Crippen LogP contribution in [0.15, 0.2) is 12.1 Å². The van der Waals surface area contributed by atoms with Gasteiger partial charge in [0.05, 0.1) is 6.61 Å². The molecule has 0 saturated carbocycles. The van der Waals surface area contributed by atoms with E-state index in [1.807, 2.05) is 0 Å². The summed E-state index contributed by atoms with van der Waals surface area (Å²) >= 11 is 12.8. The lowest BCUT2D eigenvalue weighted by molar-refractivity contribution is -0.143. The molecule has 1 aromatic carbocycles. The Labute approximate surface area is 263 Å². The van der Waals surface area contributed by atoms with Crippen LogP contribution < -0.4 is 5.30 Å². The number of carbonyl (C=O) groups excluding carboxylic acids is 1. The number of unbranched alkanes of at least 4 members (excludes halogenated alkanes) is 15. The van der Waals surface area contributed by atoms with Crippen LogP contribution in [0.25, 0.3) is 0 Å². The van der Waals surface area contributed by atoms with Crippen molar-refractivity contribution in [2.45, 2.75) is 175 Å². The van der Waals surface area contributed by atoms with Crippen LogP contribution in [0.5, 0.6) is 0 Å². The lowest BCUT2D eigenvalue weighted by atomic mass is 9.79. The van der Waals surface area contributed by atoms with Crippen molar-refractivity contribution < 1.29 is 14.4 Å². The third-order valence-electron chi connectivity index (χ3n) is 7.93. The molecule has 3 nitrogen and oxygen atoms in total. The molecule has 0 aliphatic heterocycles. The quantitative estimate of drug-likeness (QED) is 0.0833. The van der Waals surface area contributed by atoms with Gasteiger partial charge >= 0.3 is 12.2 Å². The minimum atomic E-state index is -3.28. The number of hydrogen-bond acceptors (Lipinski definition) is 3. The maximum Gasteiger partial charge on any atom is 0.369 e. The van der Waals surface area contributed by atoms with Crippen molar-refractivity contribution in [1.29, 1.82) is 0 Å². The third kappa shape index (κ3) is 16.9. The van der Waals surface area contributed by atoms with Crippen molar-refractivity contribution in [2.24, 2.45) is 0 Å². The predicted molar refractivity (Wildman–Crippen MR) is 183 cm³/mol. The Morgan fingerprint density at radius 3 is 1.41 bits per heavy atom. The normalized spacial score (nSPS) is 12.6. The fourth-order valence-electron chi connectivity index (χ4n) is 5.43. The molecular formula is C35H62Cl2O3P+. The maximum absolute atomic E-state index is 12.5. The van der Waals surface area contributed by atoms with E-state index in [-0.39, 0.29) is 16.8 Å². The molecule has 0 atom stereocenters. The monoisotopic (exact) mass is 631 g/mol. The Kier molecular flexibility index (Phi) is 18.7. The Balaban J connectivity index is 2.29. The van der Waals surface area contributed by atoms with Gasteiger partial charge in [0.25, 0.3) is 0 Å². The molecule has 41 heavy (non-hydrogen) atoms. The maximum atomic E-state index is 12.5. The van der Waals surface area contributed by atoms with E-state index in [0.717, 1.165) is 29.5 Å². The number of hydrogen-bond donors (Lipinski definition) is 1. The number of benzene rings is 1. The smallest absolute Gasteiger partial charge is 0.369 e. The van der Waals surface area contributed by atoms with E-state index in [9.17, 15) is 9.69 Å². The van der Waals surface area contributed by atoms with Gasteiger partial charge in [-0.15, -0.1) is 0 Å². The second-order valence-electron chi connectivity index (χ2n) is 14.0. The molecule has 0 heterocycles. The van der Waals surface area contributed by atoms with Gasteiger partial charge < -0.3 is 4.74 Å². The summed E-state index contributed by atoms with van der Waals surface area (Å²) < 4.78 is 5.54. The molecule has 238 valence electrons. The summed E-state index contributed by atoms with van der Waals surface area (Å²) in [6, 6.07) is 4.12. The molecule has 0 fully saturated rings. The first-order valence-corrected chi connectivity index (χ1v) is 20.1. The van der Waals surface area contributed by atoms with E-state index in [1.54, 1.807) is 0 Å². The third-order valence-corrected chi connectivity index (χ3v) is 9.97. The molecule has 0 aliphatic rings. The highest BCUT2D eigenvalue weighted by molar-refractivity contribution is 8.18. The average molecular weight is 633 g/mol. The molecule has 1 aromatic rings. The van der Waals surface area contributed by atoms with Gasteiger partial charge in [-0.3, -0.25) is 4.79 Å². The van der Waals surface area contributed by atoms with Crippen LogP contribution >= 0.6 is 28.7 Å². The number of halogens is 2. The second-order valence-corrected chi connectivity index (χ2v) is 18.9. The molecule has 0 radical (unpaired) electrons. The molecule has 0 saturated heterocycles. The van der Waals surface area contributed by atoms with E-state index >= 15 is 0 Å². The zero-order chi connectivity index (χ0) is 30.9. The van der Waals surface area contributed by atoms with E-state index in [4.69, 9.17) is 27.2 Å². The lowest BCUT2D eigenvalue weighted by Gasteiger charge is -2.29. The summed E-state index contributed by atoms with van der Waals surface area (Å²) in [6.45, 7) is 15.4. The molecule has 0 amide bonds. The van der Waals surface area contributed by atoms with Crippen LogP contribution in [-0.4, -0.2) is 17.5 Å². The minimum Gasteiger partial charge on any atom is -0.466 e. The van der Waals surface area contributed by atoms with Crippen LogP contribution in [0, 0.1) is 0 Å². The van der Waals surface area contributed by atoms with Gasteiger partial charge in [0, 0.05) is 17.5 Å². The SMILES string of the molecule is CCCCCCCCCCCCCCCCCCOC(=O)CCc1cc(C(C)(C)C)c([P+](O)(Cl)Cl)c(C(C)(C)C)c1. The Morgan fingerprint density at radius 1 is 0.707 bits per heavy atom. The molecule has 6 heteroatoms. The first-order valence-electron chi connectivity index (χ1n) is 16.5. The lowest BCUT2D eigenvalue weighted by Crippen LogP contribution is -2.31. The Hall–Kier alpha value is -0.340. The number of esters is 1. The molecule has 0 spiro atoms. The van der Waals surface area contributed by atoms with Gasteiger partial charge in [0.2, 0.25) is 0 Å². The van der Waals surface area contributed by atoms with Gasteiger partial charge in [-0.05, 0) is 29.2 Å². The highest BCUT2D eigenvalue weighted by Crippen LogP contribution is 2.66. The van der Waals surface area contributed by atoms with E-state index in [0.29, 0.717) is 24.8 Å². The van der Waals surface area contributed by atoms with E-state index in [1.165, 1.54) is 89.9 Å². The summed E-state index contributed by atoms with van der Waals surface area (Å²) in [5.41, 5.74) is 2.43. The average Bonchev–Trinajstić information content (AvgIpc) is 2.87. The zero-order valence-electron chi connectivity index (χ0n) is 27.6. The topological polar surface area (TPSA) is 46.5 Å². The van der Waals surface area contributed by atoms with Crippen molar-refractivity contribution in [3.63, 3.8) is 0 Å². The number of aryl methyl sites for hydroxylation is 1. The summed E-state index contributed by atoms with van der Waals surface area (Å²) in [4.78, 5) is 23.2. The van der Waals surface area contributed by atoms with Crippen molar-refractivity contribution in [3.8, 4) is 0 Å². The van der Waals surface area contributed by atoms with Crippen molar-refractivity contribution >= 4 is 40.0 Å². The largest absolute Gasteiger partial charge is 0.466 e. The first-order chi connectivity index (χ1) is 19.2.